The van der Waals surface area contributed by atoms with E-state index in [0.29, 0.717) is 11.1 Å². The lowest BCUT2D eigenvalue weighted by molar-refractivity contribution is -0.221. The maximum Gasteiger partial charge on any atom is 0.416 e. The van der Waals surface area contributed by atoms with Crippen LogP contribution in [0.5, 0.6) is 0 Å². The Morgan fingerprint density at radius 1 is 1.22 bits per heavy atom. The summed E-state index contributed by atoms with van der Waals surface area (Å²) in [6, 6.07) is 8.28. The number of morpholine rings is 1. The number of aromatic nitrogens is 1. The summed E-state index contributed by atoms with van der Waals surface area (Å²) in [6.07, 6.45) is -6.51. The van der Waals surface area contributed by atoms with Crippen LogP contribution in [0.25, 0.3) is 11.1 Å². The van der Waals surface area contributed by atoms with Crippen molar-refractivity contribution in [2.75, 3.05) is 24.6 Å². The van der Waals surface area contributed by atoms with Crippen LogP contribution in [0.4, 0.5) is 23.2 Å². The predicted molar refractivity (Wildman–Crippen MR) is 91.8 cm³/mol. The van der Waals surface area contributed by atoms with Crippen molar-refractivity contribution in [2.45, 2.75) is 26.1 Å². The molecule has 27 heavy (non-hydrogen) atoms. The van der Waals surface area contributed by atoms with E-state index < -0.39 is 24.6 Å². The summed E-state index contributed by atoms with van der Waals surface area (Å²) in [6.45, 7) is 3.01. The fourth-order valence-corrected chi connectivity index (χ4v) is 3.22. The summed E-state index contributed by atoms with van der Waals surface area (Å²) in [4.78, 5) is 5.52. The zero-order valence-corrected chi connectivity index (χ0v) is 14.8. The lowest BCUT2D eigenvalue weighted by atomic mass is 9.98. The summed E-state index contributed by atoms with van der Waals surface area (Å²) in [5.74, 6) is -0.829. The van der Waals surface area contributed by atoms with E-state index in [9.17, 15) is 18.4 Å². The van der Waals surface area contributed by atoms with Gasteiger partial charge in [0.1, 0.15) is 6.07 Å². The first kappa shape index (κ1) is 19.1. The molecule has 0 radical (unpaired) electrons. The van der Waals surface area contributed by atoms with Crippen LogP contribution >= 0.6 is 0 Å². The summed E-state index contributed by atoms with van der Waals surface area (Å²) in [5, 5.41) is 9.47. The Morgan fingerprint density at radius 3 is 2.48 bits per heavy atom. The lowest BCUT2D eigenvalue weighted by Gasteiger charge is -2.35. The molecule has 1 atom stereocenters. The zero-order valence-electron chi connectivity index (χ0n) is 14.8. The molecule has 1 aromatic heterocycles. The van der Waals surface area contributed by atoms with Gasteiger partial charge in [-0.25, -0.2) is 4.39 Å². The number of hydrogen-bond donors (Lipinski definition) is 0. The molecular weight excluding hydrogens is 362 g/mol. The number of nitriles is 1. The molecular formula is C19H17F4N3O. The number of hydrogen-bond acceptors (Lipinski definition) is 4. The molecule has 0 bridgehead atoms. The molecule has 0 N–H and O–H groups in total. The molecule has 1 fully saturated rings. The van der Waals surface area contributed by atoms with Crippen molar-refractivity contribution in [2.24, 2.45) is 0 Å². The van der Waals surface area contributed by atoms with Gasteiger partial charge in [0.15, 0.2) is 11.9 Å². The second-order valence-electron chi connectivity index (χ2n) is 6.42. The number of aryl methyl sites for hydroxylation is 2. The molecule has 142 valence electrons. The van der Waals surface area contributed by atoms with E-state index in [0.717, 1.165) is 11.4 Å². The van der Waals surface area contributed by atoms with E-state index in [4.69, 9.17) is 4.74 Å². The molecule has 0 saturated carbocycles. The fraction of sp³-hybridized carbons (Fsp3) is 0.368. The third-order valence-corrected chi connectivity index (χ3v) is 4.40. The summed E-state index contributed by atoms with van der Waals surface area (Å²) >= 11 is 0. The van der Waals surface area contributed by atoms with Crippen molar-refractivity contribution in [1.29, 1.82) is 5.26 Å². The number of anilines is 1. The predicted octanol–water partition coefficient (Wildman–Crippen LogP) is 4.14. The van der Waals surface area contributed by atoms with Crippen LogP contribution in [0, 0.1) is 31.0 Å². The van der Waals surface area contributed by atoms with E-state index in [1.807, 2.05) is 6.07 Å². The quantitative estimate of drug-likeness (QED) is 0.736. The van der Waals surface area contributed by atoms with Gasteiger partial charge in [-0.1, -0.05) is 6.07 Å². The second-order valence-corrected chi connectivity index (χ2v) is 6.42. The van der Waals surface area contributed by atoms with Crippen molar-refractivity contribution in [3.63, 3.8) is 0 Å². The molecule has 4 nitrogen and oxygen atoms in total. The number of pyridine rings is 1. The molecule has 2 heterocycles. The SMILES string of the molecule is Cc1cc(-c2ccc(N3CCO[C@H](C(F)(F)F)C3)c(F)c2C#N)cc(C)n1. The van der Waals surface area contributed by atoms with Gasteiger partial charge in [-0.3, -0.25) is 4.98 Å². The maximum atomic E-state index is 15.0. The maximum absolute atomic E-state index is 15.0. The molecule has 0 spiro atoms. The number of nitrogens with zero attached hydrogens (tertiary/aromatic N) is 3. The van der Waals surface area contributed by atoms with Crippen molar-refractivity contribution in [3.8, 4) is 17.2 Å². The smallest absolute Gasteiger partial charge is 0.365 e. The van der Waals surface area contributed by atoms with Gasteiger partial charge in [0.2, 0.25) is 0 Å². The summed E-state index contributed by atoms with van der Waals surface area (Å²) in [7, 11) is 0. The van der Waals surface area contributed by atoms with Gasteiger partial charge in [-0.05, 0) is 37.6 Å². The third-order valence-electron chi connectivity index (χ3n) is 4.40. The standard InChI is InChI=1S/C19H17F4N3O/c1-11-7-13(8-12(2)25-11)14-3-4-16(18(20)15(14)9-24)26-5-6-27-17(10-26)19(21,22)23/h3-4,7-8,17H,5-6,10H2,1-2H3/t17-/m0/s1. The zero-order chi connectivity index (χ0) is 19.8. The van der Waals surface area contributed by atoms with E-state index >= 15 is 4.39 Å². The Morgan fingerprint density at radius 2 is 1.89 bits per heavy atom. The van der Waals surface area contributed by atoms with E-state index in [2.05, 4.69) is 4.98 Å². The highest BCUT2D eigenvalue weighted by molar-refractivity contribution is 5.74. The molecule has 2 aromatic rings. The minimum Gasteiger partial charge on any atom is -0.365 e. The van der Waals surface area contributed by atoms with Crippen LogP contribution in [0.15, 0.2) is 24.3 Å². The van der Waals surface area contributed by atoms with E-state index in [-0.39, 0.29) is 24.4 Å². The van der Waals surface area contributed by atoms with Crippen LogP contribution in [0.2, 0.25) is 0 Å². The first-order valence-corrected chi connectivity index (χ1v) is 8.32. The molecule has 1 aliphatic heterocycles. The molecule has 0 amide bonds. The normalized spacial score (nSPS) is 17.7. The highest BCUT2D eigenvalue weighted by Gasteiger charge is 2.43. The van der Waals surface area contributed by atoms with Crippen molar-refractivity contribution >= 4 is 5.69 Å². The monoisotopic (exact) mass is 379 g/mol. The number of rotatable bonds is 2. The van der Waals surface area contributed by atoms with Gasteiger partial charge in [0.25, 0.3) is 0 Å². The van der Waals surface area contributed by atoms with Crippen LogP contribution < -0.4 is 4.90 Å². The molecule has 3 rings (SSSR count). The topological polar surface area (TPSA) is 49.1 Å². The van der Waals surface area contributed by atoms with Gasteiger partial charge in [0.05, 0.1) is 24.4 Å². The Balaban J connectivity index is 2.01. The lowest BCUT2D eigenvalue weighted by Crippen LogP contribution is -2.49. The van der Waals surface area contributed by atoms with E-state index in [1.165, 1.54) is 11.0 Å². The van der Waals surface area contributed by atoms with Gasteiger partial charge < -0.3 is 9.64 Å². The second kappa shape index (κ2) is 7.16. The van der Waals surface area contributed by atoms with Gasteiger partial charge in [-0.15, -0.1) is 0 Å². The number of benzene rings is 1. The van der Waals surface area contributed by atoms with Gasteiger partial charge >= 0.3 is 6.18 Å². The molecule has 1 saturated heterocycles. The molecule has 0 unspecified atom stereocenters. The Hall–Kier alpha value is -2.66. The van der Waals surface area contributed by atoms with Crippen molar-refractivity contribution in [3.05, 3.63) is 47.0 Å². The average molecular weight is 379 g/mol. The first-order valence-electron chi connectivity index (χ1n) is 8.32. The molecule has 0 aliphatic carbocycles. The molecule has 1 aliphatic rings. The number of ether oxygens (including phenoxy) is 1. The molecule has 8 heteroatoms. The number of alkyl halides is 3. The summed E-state index contributed by atoms with van der Waals surface area (Å²) < 4.78 is 58.6. The Bertz CT molecular complexity index is 885. The largest absolute Gasteiger partial charge is 0.416 e. The van der Waals surface area contributed by atoms with Crippen molar-refractivity contribution in [1.82, 2.24) is 4.98 Å². The Kier molecular flexibility index (Phi) is 5.07. The highest BCUT2D eigenvalue weighted by atomic mass is 19.4. The Labute approximate surface area is 154 Å². The molecule has 1 aromatic carbocycles. The number of halogens is 4. The van der Waals surface area contributed by atoms with Gasteiger partial charge in [-0.2, -0.15) is 18.4 Å². The van der Waals surface area contributed by atoms with Crippen LogP contribution in [0.1, 0.15) is 17.0 Å². The minimum absolute atomic E-state index is 0.0321. The van der Waals surface area contributed by atoms with E-state index in [1.54, 1.807) is 32.0 Å². The average Bonchev–Trinajstić information content (AvgIpc) is 2.60. The van der Waals surface area contributed by atoms with Crippen LogP contribution in [-0.4, -0.2) is 37.0 Å². The van der Waals surface area contributed by atoms with Crippen LogP contribution in [0.3, 0.4) is 0 Å². The highest BCUT2D eigenvalue weighted by Crippen LogP contribution is 2.34. The summed E-state index contributed by atoms with van der Waals surface area (Å²) in [5.41, 5.74) is 2.23. The van der Waals surface area contributed by atoms with Crippen molar-refractivity contribution < 1.29 is 22.3 Å². The van der Waals surface area contributed by atoms with Crippen LogP contribution in [-0.2, 0) is 4.74 Å². The first-order chi connectivity index (χ1) is 12.7. The third kappa shape index (κ3) is 3.88. The fourth-order valence-electron chi connectivity index (χ4n) is 3.22. The van der Waals surface area contributed by atoms with Gasteiger partial charge in [0, 0.05) is 23.5 Å². The minimum atomic E-state index is -4.53.